The van der Waals surface area contributed by atoms with E-state index in [1.54, 1.807) is 0 Å². The van der Waals surface area contributed by atoms with Gasteiger partial charge in [0.2, 0.25) is 0 Å². The highest BCUT2D eigenvalue weighted by molar-refractivity contribution is 9.10. The van der Waals surface area contributed by atoms with Crippen molar-refractivity contribution < 1.29 is 4.79 Å². The zero-order chi connectivity index (χ0) is 14.0. The van der Waals surface area contributed by atoms with Crippen molar-refractivity contribution >= 4 is 21.8 Å². The number of carbonyl (C=O) groups excluding carboxylic acids is 1. The van der Waals surface area contributed by atoms with Crippen molar-refractivity contribution in [3.8, 4) is 0 Å². The van der Waals surface area contributed by atoms with Crippen molar-refractivity contribution in [2.24, 2.45) is 11.7 Å². The van der Waals surface area contributed by atoms with Crippen LogP contribution in [0.25, 0.3) is 0 Å². The van der Waals surface area contributed by atoms with E-state index in [0.29, 0.717) is 18.5 Å². The lowest BCUT2D eigenvalue weighted by atomic mass is 9.93. The summed E-state index contributed by atoms with van der Waals surface area (Å²) in [6.07, 6.45) is 2.16. The minimum absolute atomic E-state index is 0.112. The maximum Gasteiger partial charge on any atom is 0.255 e. The van der Waals surface area contributed by atoms with Gasteiger partial charge in [-0.2, -0.15) is 0 Å². The second-order valence-electron chi connectivity index (χ2n) is 5.42. The third-order valence-electron chi connectivity index (χ3n) is 4.00. The Balaban J connectivity index is 2.24. The van der Waals surface area contributed by atoms with Crippen molar-refractivity contribution in [2.45, 2.75) is 32.7 Å². The SMILES string of the molecule is Cc1cccc(C(=O)N2CC(CN)CCC2C)c1Br. The molecule has 2 N–H and O–H groups in total. The Hall–Kier alpha value is -0.870. The first kappa shape index (κ1) is 14.5. The van der Waals surface area contributed by atoms with Crippen molar-refractivity contribution in [1.82, 2.24) is 4.90 Å². The van der Waals surface area contributed by atoms with Gasteiger partial charge in [0.1, 0.15) is 0 Å². The molecule has 0 aliphatic carbocycles. The molecule has 1 saturated heterocycles. The fraction of sp³-hybridized carbons (Fsp3) is 0.533. The Morgan fingerprint density at radius 2 is 2.21 bits per heavy atom. The summed E-state index contributed by atoms with van der Waals surface area (Å²) in [4.78, 5) is 14.7. The highest BCUT2D eigenvalue weighted by atomic mass is 79.9. The van der Waals surface area contributed by atoms with Crippen LogP contribution in [0.5, 0.6) is 0 Å². The normalized spacial score (nSPS) is 23.5. The smallest absolute Gasteiger partial charge is 0.255 e. The molecule has 2 unspecified atom stereocenters. The van der Waals surface area contributed by atoms with E-state index in [4.69, 9.17) is 5.73 Å². The van der Waals surface area contributed by atoms with Gasteiger partial charge in [-0.3, -0.25) is 4.79 Å². The standard InChI is InChI=1S/C15H21BrN2O/c1-10-4-3-5-13(14(10)16)15(19)18-9-12(8-17)7-6-11(18)2/h3-5,11-12H,6-9,17H2,1-2H3. The molecule has 1 aliphatic heterocycles. The van der Waals surface area contributed by atoms with E-state index >= 15 is 0 Å². The molecule has 2 atom stereocenters. The molecule has 0 spiro atoms. The first-order valence-corrected chi connectivity index (χ1v) is 7.60. The maximum atomic E-state index is 12.7. The number of carbonyl (C=O) groups is 1. The van der Waals surface area contributed by atoms with Gasteiger partial charge >= 0.3 is 0 Å². The fourth-order valence-electron chi connectivity index (χ4n) is 2.62. The van der Waals surface area contributed by atoms with E-state index in [-0.39, 0.29) is 5.91 Å². The molecule has 1 heterocycles. The molecule has 0 radical (unpaired) electrons. The minimum Gasteiger partial charge on any atom is -0.336 e. The van der Waals surface area contributed by atoms with Crippen LogP contribution in [0, 0.1) is 12.8 Å². The Morgan fingerprint density at radius 1 is 1.47 bits per heavy atom. The third kappa shape index (κ3) is 3.00. The van der Waals surface area contributed by atoms with Crippen LogP contribution < -0.4 is 5.73 Å². The summed E-state index contributed by atoms with van der Waals surface area (Å²) in [5.41, 5.74) is 7.60. The highest BCUT2D eigenvalue weighted by Gasteiger charge is 2.29. The largest absolute Gasteiger partial charge is 0.336 e. The molecule has 1 amide bonds. The van der Waals surface area contributed by atoms with Crippen molar-refractivity contribution in [1.29, 1.82) is 0 Å². The Bertz CT molecular complexity index is 475. The molecule has 0 aromatic heterocycles. The molecule has 1 aromatic rings. The second kappa shape index (κ2) is 6.06. The van der Waals surface area contributed by atoms with Gasteiger partial charge in [-0.25, -0.2) is 0 Å². The van der Waals surface area contributed by atoms with E-state index in [1.807, 2.05) is 30.0 Å². The van der Waals surface area contributed by atoms with Crippen LogP contribution in [0.2, 0.25) is 0 Å². The number of amides is 1. The molecule has 1 fully saturated rings. The van der Waals surface area contributed by atoms with Crippen LogP contribution in [0.15, 0.2) is 22.7 Å². The van der Waals surface area contributed by atoms with E-state index in [1.165, 1.54) is 0 Å². The molecule has 0 saturated carbocycles. The van der Waals surface area contributed by atoms with E-state index < -0.39 is 0 Å². The number of hydrogen-bond acceptors (Lipinski definition) is 2. The van der Waals surface area contributed by atoms with Gasteiger partial charge in [0.15, 0.2) is 0 Å². The predicted octanol–water partition coefficient (Wildman–Crippen LogP) is 2.96. The third-order valence-corrected chi connectivity index (χ3v) is 5.05. The quantitative estimate of drug-likeness (QED) is 0.909. The predicted molar refractivity (Wildman–Crippen MR) is 81.2 cm³/mol. The summed E-state index contributed by atoms with van der Waals surface area (Å²) in [6, 6.07) is 6.12. The van der Waals surface area contributed by atoms with Crippen LogP contribution in [0.4, 0.5) is 0 Å². The molecule has 2 rings (SSSR count). The molecule has 1 aliphatic rings. The Labute approximate surface area is 123 Å². The lowest BCUT2D eigenvalue weighted by Gasteiger charge is -2.38. The average Bonchev–Trinajstić information content (AvgIpc) is 2.42. The van der Waals surface area contributed by atoms with Gasteiger partial charge in [-0.1, -0.05) is 12.1 Å². The first-order valence-electron chi connectivity index (χ1n) is 6.80. The lowest BCUT2D eigenvalue weighted by molar-refractivity contribution is 0.0566. The number of rotatable bonds is 2. The number of likely N-dealkylation sites (tertiary alicyclic amines) is 1. The first-order chi connectivity index (χ1) is 9.04. The fourth-order valence-corrected chi connectivity index (χ4v) is 3.06. The topological polar surface area (TPSA) is 46.3 Å². The van der Waals surface area contributed by atoms with Gasteiger partial charge in [0, 0.05) is 17.1 Å². The van der Waals surface area contributed by atoms with E-state index in [9.17, 15) is 4.79 Å². The lowest BCUT2D eigenvalue weighted by Crippen LogP contribution is -2.47. The van der Waals surface area contributed by atoms with Crippen molar-refractivity contribution in [3.63, 3.8) is 0 Å². The molecule has 0 bridgehead atoms. The number of benzene rings is 1. The maximum absolute atomic E-state index is 12.7. The summed E-state index contributed by atoms with van der Waals surface area (Å²) in [5.74, 6) is 0.546. The molecular weight excluding hydrogens is 304 g/mol. The number of hydrogen-bond donors (Lipinski definition) is 1. The Morgan fingerprint density at radius 3 is 2.89 bits per heavy atom. The molecule has 1 aromatic carbocycles. The van der Waals surface area contributed by atoms with E-state index in [0.717, 1.165) is 35.0 Å². The van der Waals surface area contributed by atoms with Crippen LogP contribution in [-0.4, -0.2) is 29.9 Å². The zero-order valence-electron chi connectivity index (χ0n) is 11.5. The average molecular weight is 325 g/mol. The number of aryl methyl sites for hydroxylation is 1. The number of nitrogens with two attached hydrogens (primary N) is 1. The molecule has 19 heavy (non-hydrogen) atoms. The summed E-state index contributed by atoms with van der Waals surface area (Å²) >= 11 is 3.53. The van der Waals surface area contributed by atoms with Crippen LogP contribution in [0.1, 0.15) is 35.7 Å². The summed E-state index contributed by atoms with van der Waals surface area (Å²) in [6.45, 7) is 5.56. The summed E-state index contributed by atoms with van der Waals surface area (Å²) in [7, 11) is 0. The van der Waals surface area contributed by atoms with Crippen LogP contribution >= 0.6 is 15.9 Å². The summed E-state index contributed by atoms with van der Waals surface area (Å²) < 4.78 is 0.905. The molecule has 3 nitrogen and oxygen atoms in total. The van der Waals surface area contributed by atoms with Gasteiger partial charge < -0.3 is 10.6 Å². The van der Waals surface area contributed by atoms with Gasteiger partial charge in [-0.05, 0) is 66.7 Å². The van der Waals surface area contributed by atoms with Crippen molar-refractivity contribution in [3.05, 3.63) is 33.8 Å². The van der Waals surface area contributed by atoms with Crippen LogP contribution in [-0.2, 0) is 0 Å². The monoisotopic (exact) mass is 324 g/mol. The van der Waals surface area contributed by atoms with Crippen LogP contribution in [0.3, 0.4) is 0 Å². The van der Waals surface area contributed by atoms with Gasteiger partial charge in [0.25, 0.3) is 5.91 Å². The number of halogens is 1. The Kier molecular flexibility index (Phi) is 4.63. The zero-order valence-corrected chi connectivity index (χ0v) is 13.1. The molecular formula is C15H21BrN2O. The van der Waals surface area contributed by atoms with Crippen molar-refractivity contribution in [2.75, 3.05) is 13.1 Å². The highest BCUT2D eigenvalue weighted by Crippen LogP contribution is 2.27. The van der Waals surface area contributed by atoms with E-state index in [2.05, 4.69) is 22.9 Å². The van der Waals surface area contributed by atoms with Gasteiger partial charge in [0.05, 0.1) is 5.56 Å². The number of piperidine rings is 1. The molecule has 104 valence electrons. The number of nitrogens with zero attached hydrogens (tertiary/aromatic N) is 1. The second-order valence-corrected chi connectivity index (χ2v) is 6.22. The van der Waals surface area contributed by atoms with Gasteiger partial charge in [-0.15, -0.1) is 0 Å². The molecule has 4 heteroatoms. The minimum atomic E-state index is 0.112. The summed E-state index contributed by atoms with van der Waals surface area (Å²) in [5, 5.41) is 0.